The van der Waals surface area contributed by atoms with Crippen LogP contribution in [-0.4, -0.2) is 44.9 Å². The fraction of sp³-hybridized carbons (Fsp3) is 0.625. The van der Waals surface area contributed by atoms with Crippen LogP contribution in [0.2, 0.25) is 0 Å². The Labute approximate surface area is 144 Å². The summed E-state index contributed by atoms with van der Waals surface area (Å²) in [5.41, 5.74) is 0.564. The van der Waals surface area contributed by atoms with Gasteiger partial charge in [0.05, 0.1) is 9.82 Å². The maximum Gasteiger partial charge on any atom is 0.271 e. The van der Waals surface area contributed by atoms with Crippen molar-refractivity contribution < 1.29 is 13.3 Å². The van der Waals surface area contributed by atoms with Crippen LogP contribution in [0.5, 0.6) is 0 Å². The van der Waals surface area contributed by atoms with E-state index in [1.807, 2.05) is 32.8 Å². The van der Waals surface area contributed by atoms with E-state index < -0.39 is 14.9 Å². The predicted octanol–water partition coefficient (Wildman–Crippen LogP) is 2.47. The highest BCUT2D eigenvalue weighted by molar-refractivity contribution is 7.89. The fourth-order valence-electron chi connectivity index (χ4n) is 2.60. The molecular weight excluding hydrogens is 330 g/mol. The van der Waals surface area contributed by atoms with E-state index in [4.69, 9.17) is 0 Å². The minimum absolute atomic E-state index is 0.0401. The van der Waals surface area contributed by atoms with Crippen LogP contribution in [0.1, 0.15) is 31.9 Å². The van der Waals surface area contributed by atoms with Gasteiger partial charge in [0.15, 0.2) is 0 Å². The molecule has 0 aliphatic heterocycles. The normalized spacial score (nSPS) is 14.0. The van der Waals surface area contributed by atoms with Crippen LogP contribution >= 0.6 is 0 Å². The standard InChI is InChI=1S/C16H27N3O4S/c1-11-8-14(19(20)21)9-15(12(11)2)24(22,23)17-13(3)16(4,5)10-18(6)7/h8-9,13,17H,10H2,1-7H3. The molecule has 0 heterocycles. The molecule has 0 spiro atoms. The van der Waals surface area contributed by atoms with Crippen molar-refractivity contribution in [1.29, 1.82) is 0 Å². The third-order valence-electron chi connectivity index (χ3n) is 4.33. The molecule has 0 fully saturated rings. The van der Waals surface area contributed by atoms with Crippen LogP contribution < -0.4 is 4.72 Å². The topological polar surface area (TPSA) is 92.5 Å². The maximum atomic E-state index is 12.8. The summed E-state index contributed by atoms with van der Waals surface area (Å²) in [5, 5.41) is 11.0. The maximum absolute atomic E-state index is 12.8. The van der Waals surface area contributed by atoms with Gasteiger partial charge >= 0.3 is 0 Å². The summed E-state index contributed by atoms with van der Waals surface area (Å²) in [6.07, 6.45) is 0. The van der Waals surface area contributed by atoms with E-state index in [0.717, 1.165) is 6.07 Å². The summed E-state index contributed by atoms with van der Waals surface area (Å²) < 4.78 is 28.2. The zero-order chi connectivity index (χ0) is 18.9. The van der Waals surface area contributed by atoms with E-state index >= 15 is 0 Å². The Balaban J connectivity index is 3.24. The van der Waals surface area contributed by atoms with Crippen molar-refractivity contribution >= 4 is 15.7 Å². The Hall–Kier alpha value is -1.51. The number of hydrogen-bond acceptors (Lipinski definition) is 5. The second-order valence-corrected chi connectivity index (χ2v) is 8.89. The molecule has 0 amide bonds. The third kappa shape index (κ3) is 4.75. The van der Waals surface area contributed by atoms with Crippen LogP contribution in [0.25, 0.3) is 0 Å². The van der Waals surface area contributed by atoms with Crippen LogP contribution in [0, 0.1) is 29.4 Å². The Kier molecular flexibility index (Phi) is 6.13. The smallest absolute Gasteiger partial charge is 0.271 e. The van der Waals surface area contributed by atoms with E-state index in [0.29, 0.717) is 17.7 Å². The summed E-state index contributed by atoms with van der Waals surface area (Å²) in [6.45, 7) is 9.78. The number of sulfonamides is 1. The van der Waals surface area contributed by atoms with Crippen LogP contribution in [-0.2, 0) is 10.0 Å². The van der Waals surface area contributed by atoms with Crippen molar-refractivity contribution in [2.24, 2.45) is 5.41 Å². The first-order valence-electron chi connectivity index (χ1n) is 7.70. The monoisotopic (exact) mass is 357 g/mol. The van der Waals surface area contributed by atoms with Crippen molar-refractivity contribution in [3.05, 3.63) is 33.4 Å². The Morgan fingerprint density at radius 2 is 1.83 bits per heavy atom. The molecule has 1 aromatic rings. The average Bonchev–Trinajstić information content (AvgIpc) is 2.39. The molecule has 1 aromatic carbocycles. The lowest BCUT2D eigenvalue weighted by Crippen LogP contribution is -2.47. The van der Waals surface area contributed by atoms with Crippen LogP contribution in [0.4, 0.5) is 5.69 Å². The number of nitro benzene ring substituents is 1. The van der Waals surface area contributed by atoms with Crippen molar-refractivity contribution in [3.8, 4) is 0 Å². The second-order valence-electron chi connectivity index (χ2n) is 7.21. The van der Waals surface area contributed by atoms with Gasteiger partial charge in [-0.3, -0.25) is 10.1 Å². The molecule has 8 heteroatoms. The van der Waals surface area contributed by atoms with E-state index in [-0.39, 0.29) is 22.0 Å². The van der Waals surface area contributed by atoms with Crippen molar-refractivity contribution in [1.82, 2.24) is 9.62 Å². The molecule has 0 bridgehead atoms. The van der Waals surface area contributed by atoms with E-state index in [1.165, 1.54) is 6.07 Å². The summed E-state index contributed by atoms with van der Waals surface area (Å²) in [4.78, 5) is 12.4. The molecule has 0 radical (unpaired) electrons. The predicted molar refractivity (Wildman–Crippen MR) is 94.7 cm³/mol. The molecule has 1 atom stereocenters. The highest BCUT2D eigenvalue weighted by atomic mass is 32.2. The minimum atomic E-state index is -3.86. The first-order valence-corrected chi connectivity index (χ1v) is 9.19. The number of aryl methyl sites for hydroxylation is 1. The summed E-state index contributed by atoms with van der Waals surface area (Å²) >= 11 is 0. The van der Waals surface area contributed by atoms with E-state index in [2.05, 4.69) is 4.72 Å². The summed E-state index contributed by atoms with van der Waals surface area (Å²) in [6, 6.07) is 2.16. The van der Waals surface area contributed by atoms with Gasteiger partial charge in [-0.15, -0.1) is 0 Å². The van der Waals surface area contributed by atoms with Gasteiger partial charge in [0.2, 0.25) is 10.0 Å². The fourth-order valence-corrected chi connectivity index (χ4v) is 4.35. The quantitative estimate of drug-likeness (QED) is 0.598. The largest absolute Gasteiger partial charge is 0.309 e. The van der Waals surface area contributed by atoms with Gasteiger partial charge in [0.1, 0.15) is 0 Å². The number of nitrogens with one attached hydrogen (secondary N) is 1. The number of non-ortho nitro benzene ring substituents is 1. The van der Waals surface area contributed by atoms with Crippen LogP contribution in [0.15, 0.2) is 17.0 Å². The molecule has 1 rings (SSSR count). The van der Waals surface area contributed by atoms with Crippen molar-refractivity contribution in [2.75, 3.05) is 20.6 Å². The number of rotatable bonds is 7. The molecule has 24 heavy (non-hydrogen) atoms. The molecule has 0 saturated heterocycles. The first-order chi connectivity index (χ1) is 10.8. The van der Waals surface area contributed by atoms with Crippen molar-refractivity contribution in [3.63, 3.8) is 0 Å². The van der Waals surface area contributed by atoms with Crippen LogP contribution in [0.3, 0.4) is 0 Å². The SMILES string of the molecule is Cc1cc([N+](=O)[O-])cc(S(=O)(=O)NC(C)C(C)(C)CN(C)C)c1C. The van der Waals surface area contributed by atoms with Gasteiger partial charge in [0.25, 0.3) is 5.69 Å². The summed E-state index contributed by atoms with van der Waals surface area (Å²) in [5.74, 6) is 0. The molecule has 0 saturated carbocycles. The Bertz CT molecular complexity index is 727. The zero-order valence-electron chi connectivity index (χ0n) is 15.4. The van der Waals surface area contributed by atoms with Gasteiger partial charge < -0.3 is 4.90 Å². The lowest BCUT2D eigenvalue weighted by Gasteiger charge is -2.34. The molecular formula is C16H27N3O4S. The molecule has 0 aliphatic rings. The number of nitrogens with zero attached hydrogens (tertiary/aromatic N) is 2. The second kappa shape index (κ2) is 7.16. The van der Waals surface area contributed by atoms with Crippen molar-refractivity contribution in [2.45, 2.75) is 45.6 Å². The van der Waals surface area contributed by atoms with Gasteiger partial charge in [-0.1, -0.05) is 13.8 Å². The lowest BCUT2D eigenvalue weighted by molar-refractivity contribution is -0.385. The number of benzene rings is 1. The molecule has 1 N–H and O–H groups in total. The Morgan fingerprint density at radius 3 is 2.29 bits per heavy atom. The van der Waals surface area contributed by atoms with Gasteiger partial charge in [0, 0.05) is 24.7 Å². The van der Waals surface area contributed by atoms with E-state index in [9.17, 15) is 18.5 Å². The molecule has 1 unspecified atom stereocenters. The highest BCUT2D eigenvalue weighted by Crippen LogP contribution is 2.27. The molecule has 0 aromatic heterocycles. The number of nitro groups is 1. The van der Waals surface area contributed by atoms with Gasteiger partial charge in [-0.05, 0) is 51.4 Å². The third-order valence-corrected chi connectivity index (χ3v) is 6.00. The lowest BCUT2D eigenvalue weighted by atomic mass is 9.85. The molecule has 0 aliphatic carbocycles. The summed E-state index contributed by atoms with van der Waals surface area (Å²) in [7, 11) is -0.00538. The zero-order valence-corrected chi connectivity index (χ0v) is 16.2. The molecule has 136 valence electrons. The highest BCUT2D eigenvalue weighted by Gasteiger charge is 2.32. The number of hydrogen-bond donors (Lipinski definition) is 1. The molecule has 7 nitrogen and oxygen atoms in total. The Morgan fingerprint density at radius 1 is 1.29 bits per heavy atom. The average molecular weight is 357 g/mol. The first kappa shape index (κ1) is 20.5. The van der Waals surface area contributed by atoms with Gasteiger partial charge in [-0.25, -0.2) is 13.1 Å². The minimum Gasteiger partial charge on any atom is -0.309 e. The van der Waals surface area contributed by atoms with Gasteiger partial charge in [-0.2, -0.15) is 0 Å². The van der Waals surface area contributed by atoms with E-state index in [1.54, 1.807) is 20.8 Å².